The van der Waals surface area contributed by atoms with Gasteiger partial charge in [-0.25, -0.2) is 0 Å². The summed E-state index contributed by atoms with van der Waals surface area (Å²) in [6.07, 6.45) is 3.87. The molecule has 8 nitrogen and oxygen atoms in total. The molecule has 3 aromatic rings. The van der Waals surface area contributed by atoms with Crippen molar-refractivity contribution in [3.63, 3.8) is 0 Å². The molecule has 2 aromatic heterocycles. The predicted molar refractivity (Wildman–Crippen MR) is 113 cm³/mol. The van der Waals surface area contributed by atoms with E-state index in [2.05, 4.69) is 32.3 Å². The number of nitrogens with one attached hydrogen (secondary N) is 2. The van der Waals surface area contributed by atoms with Crippen LogP contribution in [0.1, 0.15) is 47.6 Å². The number of carbonyl (C=O) groups excluding carboxylic acids is 2. The van der Waals surface area contributed by atoms with Gasteiger partial charge in [-0.2, -0.15) is 0 Å². The molecular weight excluding hydrogens is 402 g/mol. The van der Waals surface area contributed by atoms with Crippen molar-refractivity contribution in [2.24, 2.45) is 0 Å². The molecule has 1 aromatic carbocycles. The maximum Gasteiger partial charge on any atom is 0.253 e. The van der Waals surface area contributed by atoms with E-state index in [9.17, 15) is 9.59 Å². The van der Waals surface area contributed by atoms with Gasteiger partial charge in [-0.05, 0) is 44.0 Å². The summed E-state index contributed by atoms with van der Waals surface area (Å²) < 4.78 is 7.30. The van der Waals surface area contributed by atoms with Gasteiger partial charge in [-0.1, -0.05) is 23.9 Å². The Bertz CT molecular complexity index is 1030. The first-order valence-electron chi connectivity index (χ1n) is 9.91. The number of thioether (sulfide) groups is 1. The number of hydrogen-bond donors (Lipinski definition) is 2. The zero-order chi connectivity index (χ0) is 20.9. The number of hydrogen-bond acceptors (Lipinski definition) is 6. The van der Waals surface area contributed by atoms with Gasteiger partial charge in [0.1, 0.15) is 11.6 Å². The average molecular weight is 426 g/mol. The van der Waals surface area contributed by atoms with E-state index >= 15 is 0 Å². The van der Waals surface area contributed by atoms with Crippen LogP contribution in [0.5, 0.6) is 0 Å². The highest BCUT2D eigenvalue weighted by molar-refractivity contribution is 7.99. The van der Waals surface area contributed by atoms with E-state index in [4.69, 9.17) is 4.42 Å². The number of carbonyl (C=O) groups is 2. The Balaban J connectivity index is 1.36. The molecule has 1 aliphatic carbocycles. The molecule has 0 spiro atoms. The highest BCUT2D eigenvalue weighted by atomic mass is 32.2. The number of aromatic nitrogens is 3. The number of rotatable bonds is 9. The van der Waals surface area contributed by atoms with Crippen molar-refractivity contribution in [1.29, 1.82) is 0 Å². The summed E-state index contributed by atoms with van der Waals surface area (Å²) in [6.45, 7) is 3.11. The van der Waals surface area contributed by atoms with Crippen molar-refractivity contribution in [3.8, 4) is 0 Å². The van der Waals surface area contributed by atoms with E-state index in [0.29, 0.717) is 22.9 Å². The number of nitrogens with zero attached hydrogens (tertiary/aromatic N) is 3. The highest BCUT2D eigenvalue weighted by Gasteiger charge is 2.30. The van der Waals surface area contributed by atoms with Gasteiger partial charge in [0, 0.05) is 12.5 Å². The van der Waals surface area contributed by atoms with E-state index in [1.807, 2.05) is 0 Å². The minimum absolute atomic E-state index is 0.186. The second-order valence-electron chi connectivity index (χ2n) is 7.00. The van der Waals surface area contributed by atoms with Crippen molar-refractivity contribution in [1.82, 2.24) is 20.1 Å². The van der Waals surface area contributed by atoms with Gasteiger partial charge in [0.15, 0.2) is 5.16 Å². The third-order valence-corrected chi connectivity index (χ3v) is 5.75. The molecule has 1 aliphatic rings. The molecule has 2 N–H and O–H groups in total. The Labute approximate surface area is 178 Å². The molecule has 2 amide bonds. The molecule has 9 heteroatoms. The summed E-state index contributed by atoms with van der Waals surface area (Å²) in [6, 6.07) is 10.5. The first-order chi connectivity index (χ1) is 14.7. The van der Waals surface area contributed by atoms with E-state index in [-0.39, 0.29) is 24.1 Å². The molecule has 156 valence electrons. The fraction of sp³-hybridized carbons (Fsp3) is 0.333. The van der Waals surface area contributed by atoms with Gasteiger partial charge in [0.2, 0.25) is 5.91 Å². The minimum Gasteiger partial charge on any atom is -0.467 e. The van der Waals surface area contributed by atoms with Gasteiger partial charge >= 0.3 is 0 Å². The number of anilines is 1. The van der Waals surface area contributed by atoms with Crippen molar-refractivity contribution < 1.29 is 14.0 Å². The lowest BCUT2D eigenvalue weighted by Gasteiger charge is -2.11. The fourth-order valence-electron chi connectivity index (χ4n) is 3.13. The van der Waals surface area contributed by atoms with Crippen LogP contribution < -0.4 is 10.6 Å². The third kappa shape index (κ3) is 4.73. The minimum atomic E-state index is -0.283. The van der Waals surface area contributed by atoms with Crippen LogP contribution in [0.2, 0.25) is 0 Å². The first kappa shape index (κ1) is 20.2. The molecule has 4 rings (SSSR count). The summed E-state index contributed by atoms with van der Waals surface area (Å²) in [4.78, 5) is 25.1. The van der Waals surface area contributed by atoms with Crippen LogP contribution in [0.4, 0.5) is 5.69 Å². The summed E-state index contributed by atoms with van der Waals surface area (Å²) in [7, 11) is 0. The van der Waals surface area contributed by atoms with Crippen LogP contribution in [-0.2, 0) is 17.9 Å². The monoisotopic (exact) mass is 425 g/mol. The molecule has 0 saturated heterocycles. The van der Waals surface area contributed by atoms with Crippen LogP contribution in [0.25, 0.3) is 0 Å². The Morgan fingerprint density at radius 3 is 2.77 bits per heavy atom. The van der Waals surface area contributed by atoms with E-state index in [1.54, 1.807) is 42.7 Å². The zero-order valence-corrected chi connectivity index (χ0v) is 17.4. The highest BCUT2D eigenvalue weighted by Crippen LogP contribution is 2.39. The number of para-hydroxylation sites is 1. The van der Waals surface area contributed by atoms with E-state index in [1.165, 1.54) is 11.8 Å². The molecule has 0 bridgehead atoms. The molecule has 1 saturated carbocycles. The number of furan rings is 1. The average Bonchev–Trinajstić information content (AvgIpc) is 3.30. The van der Waals surface area contributed by atoms with Crippen LogP contribution >= 0.6 is 11.8 Å². The van der Waals surface area contributed by atoms with Crippen LogP contribution in [-0.4, -0.2) is 32.3 Å². The fourth-order valence-corrected chi connectivity index (χ4v) is 3.94. The first-order valence-corrected chi connectivity index (χ1v) is 10.9. The summed E-state index contributed by atoms with van der Waals surface area (Å²) >= 11 is 1.35. The van der Waals surface area contributed by atoms with Crippen molar-refractivity contribution >= 4 is 29.3 Å². The maximum absolute atomic E-state index is 12.5. The lowest BCUT2D eigenvalue weighted by molar-refractivity contribution is -0.113. The number of benzene rings is 1. The molecule has 0 radical (unpaired) electrons. The predicted octanol–water partition coefficient (Wildman–Crippen LogP) is 3.43. The smallest absolute Gasteiger partial charge is 0.253 e. The Kier molecular flexibility index (Phi) is 6.18. The second-order valence-corrected chi connectivity index (χ2v) is 7.95. The lowest BCUT2D eigenvalue weighted by Crippen LogP contribution is -2.25. The van der Waals surface area contributed by atoms with Crippen molar-refractivity contribution in [2.45, 2.75) is 43.9 Å². The molecule has 1 fully saturated rings. The zero-order valence-electron chi connectivity index (χ0n) is 16.6. The molecule has 2 heterocycles. The third-order valence-electron chi connectivity index (χ3n) is 4.79. The Morgan fingerprint density at radius 2 is 2.03 bits per heavy atom. The summed E-state index contributed by atoms with van der Waals surface area (Å²) in [5.41, 5.74) is 0.867. The van der Waals surface area contributed by atoms with Crippen molar-refractivity contribution in [3.05, 3.63) is 59.8 Å². The maximum atomic E-state index is 12.5. The van der Waals surface area contributed by atoms with Crippen molar-refractivity contribution in [2.75, 3.05) is 11.1 Å². The van der Waals surface area contributed by atoms with Gasteiger partial charge in [0.05, 0.1) is 29.8 Å². The van der Waals surface area contributed by atoms with Crippen LogP contribution in [0.3, 0.4) is 0 Å². The van der Waals surface area contributed by atoms with E-state index < -0.39 is 0 Å². The topological polar surface area (TPSA) is 102 Å². The van der Waals surface area contributed by atoms with Crippen LogP contribution in [0, 0.1) is 0 Å². The van der Waals surface area contributed by atoms with Gasteiger partial charge < -0.3 is 19.6 Å². The Hall–Kier alpha value is -3.07. The number of amides is 2. The molecular formula is C21H23N5O3S. The largest absolute Gasteiger partial charge is 0.467 e. The quantitative estimate of drug-likeness (QED) is 0.509. The standard InChI is InChI=1S/C21H23N5O3S/c1-2-26-19(14-9-10-14)24-25-21(26)30-13-18(27)23-17-8-4-3-7-16(17)20(28)22-12-15-6-5-11-29-15/h3-8,11,14H,2,9-10,12-13H2,1H3,(H,22,28)(H,23,27). The Morgan fingerprint density at radius 1 is 1.20 bits per heavy atom. The molecule has 0 unspecified atom stereocenters. The SMILES string of the molecule is CCn1c(SCC(=O)Nc2ccccc2C(=O)NCc2ccco2)nnc1C1CC1. The van der Waals surface area contributed by atoms with E-state index in [0.717, 1.165) is 30.4 Å². The second kappa shape index (κ2) is 9.17. The lowest BCUT2D eigenvalue weighted by atomic mass is 10.1. The van der Waals surface area contributed by atoms with Gasteiger partial charge in [0.25, 0.3) is 5.91 Å². The molecule has 0 atom stereocenters. The van der Waals surface area contributed by atoms with Gasteiger partial charge in [-0.3, -0.25) is 9.59 Å². The molecule has 30 heavy (non-hydrogen) atoms. The normalized spacial score (nSPS) is 13.2. The summed E-state index contributed by atoms with van der Waals surface area (Å²) in [5.74, 6) is 1.88. The van der Waals surface area contributed by atoms with Gasteiger partial charge in [-0.15, -0.1) is 10.2 Å². The summed E-state index contributed by atoms with van der Waals surface area (Å²) in [5, 5.41) is 14.9. The van der Waals surface area contributed by atoms with Crippen LogP contribution in [0.15, 0.2) is 52.2 Å². The molecule has 0 aliphatic heterocycles.